The molecule has 2 aromatic carbocycles. The number of halogens is 1. The molecule has 8 nitrogen and oxygen atoms in total. The summed E-state index contributed by atoms with van der Waals surface area (Å²) in [6.07, 6.45) is 0.572. The fourth-order valence-electron chi connectivity index (χ4n) is 4.01. The number of amides is 3. The normalized spacial score (nSPS) is 19.0. The Morgan fingerprint density at radius 3 is 2.58 bits per heavy atom. The molecule has 1 atom stereocenters. The number of fused-ring (bicyclic) bond motifs is 2. The van der Waals surface area contributed by atoms with Gasteiger partial charge < -0.3 is 15.0 Å². The van der Waals surface area contributed by atoms with Crippen molar-refractivity contribution in [2.45, 2.75) is 32.1 Å². The van der Waals surface area contributed by atoms with Gasteiger partial charge in [-0.1, -0.05) is 29.8 Å². The number of nitrogens with zero attached hydrogens (tertiary/aromatic N) is 3. The molecule has 0 unspecified atom stereocenters. The summed E-state index contributed by atoms with van der Waals surface area (Å²) >= 11 is 6.98. The summed E-state index contributed by atoms with van der Waals surface area (Å²) in [7, 11) is 0. The molecule has 0 radical (unpaired) electrons. The maximum atomic E-state index is 13.9. The van der Waals surface area contributed by atoms with E-state index in [9.17, 15) is 14.4 Å². The van der Waals surface area contributed by atoms with Gasteiger partial charge in [-0.15, -0.1) is 5.10 Å². The van der Waals surface area contributed by atoms with E-state index in [0.29, 0.717) is 35.9 Å². The van der Waals surface area contributed by atoms with Crippen LogP contribution in [0, 0.1) is 6.92 Å². The lowest BCUT2D eigenvalue weighted by molar-refractivity contribution is -0.139. The van der Waals surface area contributed by atoms with Gasteiger partial charge in [-0.2, -0.15) is 5.01 Å². The fourth-order valence-corrected chi connectivity index (χ4v) is 5.46. The zero-order valence-corrected chi connectivity index (χ0v) is 20.0. The highest BCUT2D eigenvalue weighted by atomic mass is 35.5. The van der Waals surface area contributed by atoms with Gasteiger partial charge in [0.2, 0.25) is 16.7 Å². The van der Waals surface area contributed by atoms with Crippen molar-refractivity contribution < 1.29 is 19.1 Å². The van der Waals surface area contributed by atoms with Crippen LogP contribution in [0.25, 0.3) is 0 Å². The van der Waals surface area contributed by atoms with E-state index in [1.54, 1.807) is 29.2 Å². The Bertz CT molecular complexity index is 1150. The molecule has 33 heavy (non-hydrogen) atoms. The standard InChI is InChI=1S/C23H23ClN4O4S/c1-14-6-4-7-19-20(14)27(12-5-13-32-18-10-8-17(24)9-11-18)21(31)23(19)28(16(3)30)26-22(33-23)25-15(2)29/h4,6-11H,5,12-13H2,1-3H3,(H,25,26,29)/t23-/m0/s1. The van der Waals surface area contributed by atoms with Crippen molar-refractivity contribution >= 4 is 51.9 Å². The summed E-state index contributed by atoms with van der Waals surface area (Å²) in [6, 6.07) is 12.7. The van der Waals surface area contributed by atoms with Gasteiger partial charge in [0.25, 0.3) is 5.91 Å². The number of hydrogen-bond acceptors (Lipinski definition) is 6. The third-order valence-electron chi connectivity index (χ3n) is 5.33. The van der Waals surface area contributed by atoms with Gasteiger partial charge in [-0.05, 0) is 54.9 Å². The van der Waals surface area contributed by atoms with Crippen molar-refractivity contribution in [2.75, 3.05) is 18.1 Å². The maximum Gasteiger partial charge on any atom is 0.270 e. The van der Waals surface area contributed by atoms with Crippen molar-refractivity contribution in [1.82, 2.24) is 10.3 Å². The first-order valence-corrected chi connectivity index (χ1v) is 11.6. The highest BCUT2D eigenvalue weighted by Gasteiger charge is 2.61. The Balaban J connectivity index is 1.59. The molecule has 2 aromatic rings. The predicted molar refractivity (Wildman–Crippen MR) is 128 cm³/mol. The minimum atomic E-state index is -1.39. The van der Waals surface area contributed by atoms with Gasteiger partial charge in [0.15, 0.2) is 5.17 Å². The van der Waals surface area contributed by atoms with Crippen LogP contribution in [0.2, 0.25) is 5.02 Å². The number of nitrogens with one attached hydrogen (secondary N) is 1. The molecule has 0 saturated heterocycles. The molecule has 3 amide bonds. The van der Waals surface area contributed by atoms with Crippen LogP contribution in [-0.2, 0) is 19.3 Å². The molecule has 10 heteroatoms. The van der Waals surface area contributed by atoms with Crippen LogP contribution in [0.4, 0.5) is 5.69 Å². The summed E-state index contributed by atoms with van der Waals surface area (Å²) in [6.45, 7) is 5.43. The van der Waals surface area contributed by atoms with Crippen LogP contribution in [0.1, 0.15) is 31.4 Å². The highest BCUT2D eigenvalue weighted by molar-refractivity contribution is 8.15. The third-order valence-corrected chi connectivity index (χ3v) is 6.82. The Morgan fingerprint density at radius 1 is 1.18 bits per heavy atom. The molecule has 172 valence electrons. The Hall–Kier alpha value is -3.04. The zero-order chi connectivity index (χ0) is 23.8. The minimum absolute atomic E-state index is 0.214. The lowest BCUT2D eigenvalue weighted by Crippen LogP contribution is -2.48. The molecule has 2 heterocycles. The van der Waals surface area contributed by atoms with E-state index < -0.39 is 10.8 Å². The molecule has 0 fully saturated rings. The largest absolute Gasteiger partial charge is 0.494 e. The maximum absolute atomic E-state index is 13.9. The minimum Gasteiger partial charge on any atom is -0.494 e. The van der Waals surface area contributed by atoms with Gasteiger partial charge in [0.05, 0.1) is 12.3 Å². The molecule has 1 N–H and O–H groups in total. The number of amidine groups is 1. The molecule has 2 aliphatic heterocycles. The highest BCUT2D eigenvalue weighted by Crippen LogP contribution is 2.55. The first-order valence-electron chi connectivity index (χ1n) is 10.4. The second-order valence-corrected chi connectivity index (χ2v) is 9.37. The third kappa shape index (κ3) is 4.18. The van der Waals surface area contributed by atoms with Crippen molar-refractivity contribution in [3.8, 4) is 5.75 Å². The number of rotatable bonds is 5. The van der Waals surface area contributed by atoms with Crippen LogP contribution in [0.3, 0.4) is 0 Å². The van der Waals surface area contributed by atoms with E-state index in [4.69, 9.17) is 16.3 Å². The van der Waals surface area contributed by atoms with Crippen LogP contribution >= 0.6 is 23.4 Å². The van der Waals surface area contributed by atoms with E-state index >= 15 is 0 Å². The van der Waals surface area contributed by atoms with Crippen LogP contribution in [0.5, 0.6) is 5.75 Å². The summed E-state index contributed by atoms with van der Waals surface area (Å²) in [5, 5.41) is 8.90. The van der Waals surface area contributed by atoms with Gasteiger partial charge in [-0.25, -0.2) is 0 Å². The van der Waals surface area contributed by atoms with Gasteiger partial charge in [0.1, 0.15) is 5.75 Å². The van der Waals surface area contributed by atoms with Crippen LogP contribution in [0.15, 0.2) is 47.6 Å². The van der Waals surface area contributed by atoms with Gasteiger partial charge in [-0.3, -0.25) is 14.4 Å². The topological polar surface area (TPSA) is 91.3 Å². The predicted octanol–water partition coefficient (Wildman–Crippen LogP) is 3.62. The number of ether oxygens (including phenoxy) is 1. The number of hydrazone groups is 1. The molecular formula is C23H23ClN4O4S. The van der Waals surface area contributed by atoms with Crippen molar-refractivity contribution in [1.29, 1.82) is 0 Å². The summed E-state index contributed by atoms with van der Waals surface area (Å²) < 4.78 is 5.77. The van der Waals surface area contributed by atoms with E-state index in [-0.39, 0.29) is 17.0 Å². The second-order valence-electron chi connectivity index (χ2n) is 7.75. The zero-order valence-electron chi connectivity index (χ0n) is 18.4. The number of carbonyl (C=O) groups excluding carboxylic acids is 3. The van der Waals surface area contributed by atoms with E-state index in [1.165, 1.54) is 18.9 Å². The molecular weight excluding hydrogens is 464 g/mol. The monoisotopic (exact) mass is 486 g/mol. The van der Waals surface area contributed by atoms with E-state index in [2.05, 4.69) is 10.4 Å². The van der Waals surface area contributed by atoms with Crippen molar-refractivity contribution in [2.24, 2.45) is 5.10 Å². The van der Waals surface area contributed by atoms with Gasteiger partial charge in [0, 0.05) is 31.0 Å². The van der Waals surface area contributed by atoms with E-state index in [1.807, 2.05) is 25.1 Å². The fraction of sp³-hybridized carbons (Fsp3) is 0.304. The number of hydrogen-bond donors (Lipinski definition) is 1. The number of para-hydroxylation sites is 1. The summed E-state index contributed by atoms with van der Waals surface area (Å²) in [4.78, 5) is 38.3. The first kappa shape index (κ1) is 23.1. The average molecular weight is 487 g/mol. The molecule has 0 bridgehead atoms. The molecule has 2 aliphatic rings. The number of benzene rings is 2. The Labute approximate surface area is 200 Å². The SMILES string of the molecule is CC(=O)NC1=NN(C(C)=O)[C@@]2(S1)C(=O)N(CCCOc1ccc(Cl)cc1)c1c(C)cccc12. The summed E-state index contributed by atoms with van der Waals surface area (Å²) in [5.41, 5.74) is 2.34. The van der Waals surface area contributed by atoms with Crippen LogP contribution < -0.4 is 15.0 Å². The van der Waals surface area contributed by atoms with Crippen molar-refractivity contribution in [3.63, 3.8) is 0 Å². The molecule has 0 aliphatic carbocycles. The summed E-state index contributed by atoms with van der Waals surface area (Å²) in [5.74, 6) is -0.297. The number of anilines is 1. The first-order chi connectivity index (χ1) is 15.7. The lowest BCUT2D eigenvalue weighted by Gasteiger charge is -2.29. The second kappa shape index (κ2) is 9.07. The van der Waals surface area contributed by atoms with E-state index in [0.717, 1.165) is 23.0 Å². The number of carbonyl (C=O) groups is 3. The smallest absolute Gasteiger partial charge is 0.270 e. The van der Waals surface area contributed by atoms with Gasteiger partial charge >= 0.3 is 0 Å². The Morgan fingerprint density at radius 2 is 1.91 bits per heavy atom. The Kier molecular flexibility index (Phi) is 6.36. The van der Waals surface area contributed by atoms with Crippen LogP contribution in [-0.4, -0.2) is 41.0 Å². The quantitative estimate of drug-likeness (QED) is 0.652. The van der Waals surface area contributed by atoms with Crippen molar-refractivity contribution in [3.05, 3.63) is 58.6 Å². The number of aryl methyl sites for hydroxylation is 1. The molecule has 0 aromatic heterocycles. The lowest BCUT2D eigenvalue weighted by atomic mass is 10.0. The molecule has 4 rings (SSSR count). The molecule has 1 spiro atoms. The molecule has 0 saturated carbocycles. The number of thioether (sulfide) groups is 1. The average Bonchev–Trinajstić information content (AvgIpc) is 3.25.